The second-order valence-electron chi connectivity index (χ2n) is 6.79. The number of hydrogen-bond acceptors (Lipinski definition) is 5. The third kappa shape index (κ3) is 6.78. The fraction of sp³-hybridized carbons (Fsp3) is 0.526. The molecule has 1 aromatic carbocycles. The van der Waals surface area contributed by atoms with E-state index in [9.17, 15) is 14.4 Å². The average molecular weight is 394 g/mol. The molecule has 1 aromatic rings. The predicted octanol–water partition coefficient (Wildman–Crippen LogP) is 2.77. The minimum absolute atomic E-state index is 0.0820. The highest BCUT2D eigenvalue weighted by Gasteiger charge is 2.29. The molecule has 8 heteroatoms. The maximum absolute atomic E-state index is 12.3. The first-order valence-electron chi connectivity index (χ1n) is 9.15. The Hall–Kier alpha value is -2.22. The van der Waals surface area contributed by atoms with E-state index in [-0.39, 0.29) is 24.3 Å². The molecule has 1 aliphatic heterocycles. The van der Waals surface area contributed by atoms with Gasteiger partial charge in [-0.25, -0.2) is 4.79 Å². The summed E-state index contributed by atoms with van der Waals surface area (Å²) in [5.41, 5.74) is 0.778. The lowest BCUT2D eigenvalue weighted by Crippen LogP contribution is -2.45. The maximum Gasteiger partial charge on any atom is 0.407 e. The number of alkyl carbamates (subject to hydrolysis) is 1. The van der Waals surface area contributed by atoms with Crippen molar-refractivity contribution in [1.82, 2.24) is 10.6 Å². The summed E-state index contributed by atoms with van der Waals surface area (Å²) in [6, 6.07) is 7.30. The van der Waals surface area contributed by atoms with Gasteiger partial charge in [-0.2, -0.15) is 0 Å². The highest BCUT2D eigenvalue weighted by molar-refractivity contribution is 8.01. The Morgan fingerprint density at radius 2 is 2.04 bits per heavy atom. The summed E-state index contributed by atoms with van der Waals surface area (Å²) in [5.74, 6) is -0.0383. The Balaban J connectivity index is 1.86. The molecule has 7 nitrogen and oxygen atoms in total. The molecule has 2 unspecified atom stereocenters. The van der Waals surface area contributed by atoms with Crippen LogP contribution in [0.1, 0.15) is 33.6 Å². The zero-order valence-corrected chi connectivity index (χ0v) is 16.7. The fourth-order valence-corrected chi connectivity index (χ4v) is 3.92. The molecule has 1 aliphatic rings. The van der Waals surface area contributed by atoms with Crippen molar-refractivity contribution in [3.63, 3.8) is 0 Å². The van der Waals surface area contributed by atoms with Gasteiger partial charge in [-0.1, -0.05) is 26.0 Å². The standard InChI is InChI=1S/C19H27N3O4S/c1-4-26-19(25)21-13(9-12(2)3)11-20-17(23)10-16-18(24)22-14-7-5-6-8-15(14)27-16/h5-8,12-13,16H,4,9-11H2,1-3H3,(H,20,23)(H,21,25)(H,22,24). The number of amides is 3. The van der Waals surface area contributed by atoms with Crippen LogP contribution < -0.4 is 16.0 Å². The van der Waals surface area contributed by atoms with Crippen molar-refractivity contribution in [2.24, 2.45) is 5.92 Å². The monoisotopic (exact) mass is 393 g/mol. The molecule has 0 radical (unpaired) electrons. The van der Waals surface area contributed by atoms with Gasteiger partial charge in [-0.3, -0.25) is 9.59 Å². The number of nitrogens with one attached hydrogen (secondary N) is 3. The Morgan fingerprint density at radius 3 is 2.74 bits per heavy atom. The van der Waals surface area contributed by atoms with Gasteiger partial charge in [0.25, 0.3) is 0 Å². The molecule has 0 aromatic heterocycles. The number of fused-ring (bicyclic) bond motifs is 1. The first kappa shape index (κ1) is 21.1. The molecule has 1 heterocycles. The number of hydrogen-bond donors (Lipinski definition) is 3. The molecule has 0 saturated heterocycles. The van der Waals surface area contributed by atoms with E-state index < -0.39 is 11.3 Å². The molecule has 0 bridgehead atoms. The van der Waals surface area contributed by atoms with Gasteiger partial charge in [0, 0.05) is 23.9 Å². The lowest BCUT2D eigenvalue weighted by molar-refractivity contribution is -0.124. The van der Waals surface area contributed by atoms with Crippen molar-refractivity contribution in [2.45, 2.75) is 49.8 Å². The fourth-order valence-electron chi connectivity index (χ4n) is 2.81. The van der Waals surface area contributed by atoms with Gasteiger partial charge >= 0.3 is 6.09 Å². The molecule has 148 valence electrons. The van der Waals surface area contributed by atoms with Crippen LogP contribution in [-0.4, -0.2) is 42.4 Å². The van der Waals surface area contributed by atoms with Gasteiger partial charge in [0.15, 0.2) is 0 Å². The number of thioether (sulfide) groups is 1. The normalized spacial score (nSPS) is 16.9. The summed E-state index contributed by atoms with van der Waals surface area (Å²) in [6.45, 7) is 6.42. The Bertz CT molecular complexity index is 681. The van der Waals surface area contributed by atoms with Crippen LogP contribution >= 0.6 is 11.8 Å². The van der Waals surface area contributed by atoms with Crippen LogP contribution in [0.4, 0.5) is 10.5 Å². The van der Waals surface area contributed by atoms with Crippen LogP contribution in [0.5, 0.6) is 0 Å². The summed E-state index contributed by atoms with van der Waals surface area (Å²) in [6.07, 6.45) is 0.306. The van der Waals surface area contributed by atoms with Crippen LogP contribution in [0.3, 0.4) is 0 Å². The van der Waals surface area contributed by atoms with Crippen molar-refractivity contribution in [1.29, 1.82) is 0 Å². The lowest BCUT2D eigenvalue weighted by Gasteiger charge is -2.24. The molecular formula is C19H27N3O4S. The van der Waals surface area contributed by atoms with Crippen LogP contribution in [0.2, 0.25) is 0 Å². The van der Waals surface area contributed by atoms with Crippen LogP contribution in [0.15, 0.2) is 29.2 Å². The number of carbonyl (C=O) groups is 3. The molecule has 0 fully saturated rings. The molecular weight excluding hydrogens is 366 g/mol. The molecule has 0 aliphatic carbocycles. The maximum atomic E-state index is 12.3. The van der Waals surface area contributed by atoms with E-state index in [0.717, 1.165) is 10.6 Å². The lowest BCUT2D eigenvalue weighted by atomic mass is 10.0. The number of benzene rings is 1. The molecule has 27 heavy (non-hydrogen) atoms. The van der Waals surface area contributed by atoms with E-state index in [1.165, 1.54) is 11.8 Å². The molecule has 2 rings (SSSR count). The summed E-state index contributed by atoms with van der Waals surface area (Å²) in [7, 11) is 0. The molecule has 3 amide bonds. The summed E-state index contributed by atoms with van der Waals surface area (Å²) in [4.78, 5) is 37.1. The van der Waals surface area contributed by atoms with Crippen molar-refractivity contribution in [3.8, 4) is 0 Å². The van der Waals surface area contributed by atoms with Crippen molar-refractivity contribution >= 4 is 35.4 Å². The van der Waals surface area contributed by atoms with Crippen LogP contribution in [0.25, 0.3) is 0 Å². The van der Waals surface area contributed by atoms with Crippen LogP contribution in [-0.2, 0) is 14.3 Å². The van der Waals surface area contributed by atoms with Crippen LogP contribution in [0, 0.1) is 5.92 Å². The van der Waals surface area contributed by atoms with E-state index >= 15 is 0 Å². The van der Waals surface area contributed by atoms with Crippen molar-refractivity contribution in [3.05, 3.63) is 24.3 Å². The van der Waals surface area contributed by atoms with Crippen molar-refractivity contribution in [2.75, 3.05) is 18.5 Å². The summed E-state index contributed by atoms with van der Waals surface area (Å²) < 4.78 is 4.91. The molecule has 3 N–H and O–H groups in total. The second-order valence-corrected chi connectivity index (χ2v) is 8.04. The number of ether oxygens (including phenoxy) is 1. The second kappa shape index (κ2) is 10.2. The number of carbonyl (C=O) groups excluding carboxylic acids is 3. The average Bonchev–Trinajstić information content (AvgIpc) is 2.60. The zero-order valence-electron chi connectivity index (χ0n) is 15.9. The van der Waals surface area contributed by atoms with Gasteiger partial charge in [-0.15, -0.1) is 11.8 Å². The largest absolute Gasteiger partial charge is 0.450 e. The smallest absolute Gasteiger partial charge is 0.407 e. The number of anilines is 1. The summed E-state index contributed by atoms with van der Waals surface area (Å²) in [5, 5.41) is 7.96. The molecule has 0 saturated carbocycles. The highest BCUT2D eigenvalue weighted by atomic mass is 32.2. The number of rotatable bonds is 8. The third-order valence-corrected chi connectivity index (χ3v) is 5.25. The van der Waals surface area contributed by atoms with Gasteiger partial charge < -0.3 is 20.7 Å². The minimum Gasteiger partial charge on any atom is -0.450 e. The Labute approximate surface area is 164 Å². The first-order chi connectivity index (χ1) is 12.9. The Kier molecular flexibility index (Phi) is 7.97. The van der Waals surface area contributed by atoms with E-state index in [0.29, 0.717) is 25.5 Å². The van der Waals surface area contributed by atoms with E-state index in [1.807, 2.05) is 38.1 Å². The number of para-hydroxylation sites is 1. The topological polar surface area (TPSA) is 96.5 Å². The third-order valence-electron chi connectivity index (χ3n) is 3.98. The van der Waals surface area contributed by atoms with E-state index in [4.69, 9.17) is 4.74 Å². The van der Waals surface area contributed by atoms with Gasteiger partial charge in [-0.05, 0) is 31.4 Å². The zero-order chi connectivity index (χ0) is 19.8. The Morgan fingerprint density at radius 1 is 1.30 bits per heavy atom. The highest BCUT2D eigenvalue weighted by Crippen LogP contribution is 2.36. The summed E-state index contributed by atoms with van der Waals surface area (Å²) >= 11 is 1.39. The first-order valence-corrected chi connectivity index (χ1v) is 10.0. The SMILES string of the molecule is CCOC(=O)NC(CNC(=O)CC1Sc2ccccc2NC1=O)CC(C)C. The minimum atomic E-state index is -0.490. The quantitative estimate of drug-likeness (QED) is 0.631. The van der Waals surface area contributed by atoms with Gasteiger partial charge in [0.2, 0.25) is 11.8 Å². The van der Waals surface area contributed by atoms with E-state index in [1.54, 1.807) is 6.92 Å². The van der Waals surface area contributed by atoms with E-state index in [2.05, 4.69) is 16.0 Å². The predicted molar refractivity (Wildman–Crippen MR) is 106 cm³/mol. The van der Waals surface area contributed by atoms with Gasteiger partial charge in [0.1, 0.15) is 0 Å². The van der Waals surface area contributed by atoms with Crippen molar-refractivity contribution < 1.29 is 19.1 Å². The molecule has 0 spiro atoms. The molecule has 2 atom stereocenters. The van der Waals surface area contributed by atoms with Gasteiger partial charge in [0.05, 0.1) is 17.5 Å².